The molecule has 0 saturated heterocycles. The molecule has 1 aromatic carbocycles. The molecule has 0 fully saturated rings. The van der Waals surface area contributed by atoms with Gasteiger partial charge in [-0.1, -0.05) is 15.9 Å². The second-order valence-electron chi connectivity index (χ2n) is 4.30. The summed E-state index contributed by atoms with van der Waals surface area (Å²) in [4.78, 5) is 11.3. The van der Waals surface area contributed by atoms with E-state index < -0.39 is 0 Å². The van der Waals surface area contributed by atoms with Crippen LogP contribution < -0.4 is 4.74 Å². The van der Waals surface area contributed by atoms with Gasteiger partial charge in [-0.15, -0.1) is 0 Å². The highest BCUT2D eigenvalue weighted by Crippen LogP contribution is 2.18. The zero-order chi connectivity index (χ0) is 11.5. The maximum absolute atomic E-state index is 11.3. The minimum Gasteiger partial charge on any atom is -0.488 e. The molecule has 0 amide bonds. The molecule has 2 nitrogen and oxygen atoms in total. The Balaban J connectivity index is 2.77. The average molecular weight is 271 g/mol. The van der Waals surface area contributed by atoms with E-state index in [0.29, 0.717) is 10.9 Å². The second-order valence-corrected chi connectivity index (χ2v) is 4.86. The molecule has 0 spiro atoms. The number of halogens is 1. The van der Waals surface area contributed by atoms with Gasteiger partial charge in [0.1, 0.15) is 11.4 Å². The number of carbonyl (C=O) groups is 1. The maximum Gasteiger partial charge on any atom is 0.173 e. The van der Waals surface area contributed by atoms with Crippen molar-refractivity contribution in [3.63, 3.8) is 0 Å². The van der Waals surface area contributed by atoms with Crippen LogP contribution in [0.2, 0.25) is 0 Å². The van der Waals surface area contributed by atoms with Crippen LogP contribution in [0, 0.1) is 0 Å². The molecule has 3 heteroatoms. The third-order valence-corrected chi connectivity index (χ3v) is 2.23. The molecule has 0 radical (unpaired) electrons. The Morgan fingerprint density at radius 3 is 2.20 bits per heavy atom. The van der Waals surface area contributed by atoms with Crippen LogP contribution in [0.15, 0.2) is 24.3 Å². The van der Waals surface area contributed by atoms with Gasteiger partial charge in [0, 0.05) is 5.56 Å². The molecule has 0 aliphatic rings. The van der Waals surface area contributed by atoms with Crippen molar-refractivity contribution in [1.82, 2.24) is 0 Å². The first-order valence-electron chi connectivity index (χ1n) is 4.80. The second kappa shape index (κ2) is 4.79. The predicted molar refractivity (Wildman–Crippen MR) is 64.9 cm³/mol. The van der Waals surface area contributed by atoms with E-state index in [2.05, 4.69) is 15.9 Å². The van der Waals surface area contributed by atoms with Gasteiger partial charge in [-0.05, 0) is 45.0 Å². The molecule has 0 aliphatic heterocycles. The van der Waals surface area contributed by atoms with Gasteiger partial charge < -0.3 is 4.74 Å². The Morgan fingerprint density at radius 1 is 1.27 bits per heavy atom. The Kier molecular flexibility index (Phi) is 3.91. The first kappa shape index (κ1) is 12.2. The topological polar surface area (TPSA) is 26.3 Å². The van der Waals surface area contributed by atoms with E-state index in [9.17, 15) is 4.79 Å². The normalized spacial score (nSPS) is 11.2. The lowest BCUT2D eigenvalue weighted by Gasteiger charge is -2.21. The summed E-state index contributed by atoms with van der Waals surface area (Å²) in [5, 5.41) is 0.354. The van der Waals surface area contributed by atoms with Crippen LogP contribution in [0.4, 0.5) is 0 Å². The predicted octanol–water partition coefficient (Wildman–Crippen LogP) is 3.44. The highest BCUT2D eigenvalue weighted by Gasteiger charge is 2.11. The van der Waals surface area contributed by atoms with Crippen molar-refractivity contribution in [1.29, 1.82) is 0 Å². The van der Waals surface area contributed by atoms with Crippen molar-refractivity contribution >= 4 is 21.7 Å². The van der Waals surface area contributed by atoms with Gasteiger partial charge in [-0.25, -0.2) is 0 Å². The van der Waals surface area contributed by atoms with Crippen molar-refractivity contribution < 1.29 is 9.53 Å². The lowest BCUT2D eigenvalue weighted by atomic mass is 10.1. The third-order valence-electron chi connectivity index (χ3n) is 1.72. The molecule has 15 heavy (non-hydrogen) atoms. The van der Waals surface area contributed by atoms with Crippen molar-refractivity contribution in [2.24, 2.45) is 0 Å². The summed E-state index contributed by atoms with van der Waals surface area (Å²) >= 11 is 3.14. The number of ketones is 1. The molecule has 0 aromatic heterocycles. The Morgan fingerprint density at radius 2 is 1.80 bits per heavy atom. The van der Waals surface area contributed by atoms with E-state index in [1.165, 1.54) is 0 Å². The summed E-state index contributed by atoms with van der Waals surface area (Å²) in [6.45, 7) is 5.97. The molecule has 0 aliphatic carbocycles. The number of rotatable bonds is 3. The first-order chi connectivity index (χ1) is 6.92. The monoisotopic (exact) mass is 270 g/mol. The van der Waals surface area contributed by atoms with Crippen LogP contribution >= 0.6 is 15.9 Å². The lowest BCUT2D eigenvalue weighted by molar-refractivity contribution is 0.102. The molecule has 0 heterocycles. The van der Waals surface area contributed by atoms with Crippen LogP contribution in [0.3, 0.4) is 0 Å². The molecule has 1 rings (SSSR count). The first-order valence-corrected chi connectivity index (χ1v) is 5.93. The van der Waals surface area contributed by atoms with Crippen molar-refractivity contribution in [2.75, 3.05) is 5.33 Å². The number of Topliss-reactive ketones (excluding diaryl/α,β-unsaturated/α-hetero) is 1. The van der Waals surface area contributed by atoms with Crippen molar-refractivity contribution in [2.45, 2.75) is 26.4 Å². The largest absolute Gasteiger partial charge is 0.488 e. The minimum atomic E-state index is -0.207. The molecule has 0 atom stereocenters. The Bertz CT molecular complexity index is 336. The van der Waals surface area contributed by atoms with Crippen molar-refractivity contribution in [3.05, 3.63) is 29.8 Å². The number of carbonyl (C=O) groups excluding carboxylic acids is 1. The van der Waals surface area contributed by atoms with Crippen LogP contribution in [-0.2, 0) is 0 Å². The van der Waals surface area contributed by atoms with Gasteiger partial charge in [0.2, 0.25) is 0 Å². The highest BCUT2D eigenvalue weighted by atomic mass is 79.9. The van der Waals surface area contributed by atoms with Crippen molar-refractivity contribution in [3.8, 4) is 5.75 Å². The van der Waals surface area contributed by atoms with Crippen LogP contribution in [0.5, 0.6) is 5.75 Å². The molecule has 0 unspecified atom stereocenters. The standard InChI is InChI=1S/C12H15BrO2/c1-12(2,3)15-10-6-4-9(5-7-10)11(14)8-13/h4-7H,8H2,1-3H3. The summed E-state index contributed by atoms with van der Waals surface area (Å²) in [7, 11) is 0. The van der Waals surface area contributed by atoms with Gasteiger partial charge in [0.25, 0.3) is 0 Å². The maximum atomic E-state index is 11.3. The van der Waals surface area contributed by atoms with E-state index in [-0.39, 0.29) is 11.4 Å². The summed E-state index contributed by atoms with van der Waals surface area (Å²) in [5.74, 6) is 0.867. The van der Waals surface area contributed by atoms with E-state index >= 15 is 0 Å². The van der Waals surface area contributed by atoms with Gasteiger partial charge in [-0.3, -0.25) is 4.79 Å². The lowest BCUT2D eigenvalue weighted by Crippen LogP contribution is -2.22. The molecular formula is C12H15BrO2. The fourth-order valence-corrected chi connectivity index (χ4v) is 1.46. The summed E-state index contributed by atoms with van der Waals surface area (Å²) in [6, 6.07) is 7.21. The van der Waals surface area contributed by atoms with Gasteiger partial charge in [0.15, 0.2) is 5.78 Å². The fraction of sp³-hybridized carbons (Fsp3) is 0.417. The third kappa shape index (κ3) is 4.04. The van der Waals surface area contributed by atoms with E-state index in [1.54, 1.807) is 12.1 Å². The summed E-state index contributed by atoms with van der Waals surface area (Å²) in [5.41, 5.74) is 0.495. The highest BCUT2D eigenvalue weighted by molar-refractivity contribution is 9.09. The van der Waals surface area contributed by atoms with Crippen LogP contribution in [0.1, 0.15) is 31.1 Å². The molecule has 82 valence electrons. The van der Waals surface area contributed by atoms with Gasteiger partial charge in [0.05, 0.1) is 5.33 Å². The summed E-state index contributed by atoms with van der Waals surface area (Å²) < 4.78 is 5.65. The minimum absolute atomic E-state index is 0.0808. The fourth-order valence-electron chi connectivity index (χ4n) is 1.14. The summed E-state index contributed by atoms with van der Waals surface area (Å²) in [6.07, 6.45) is 0. The molecule has 0 N–H and O–H groups in total. The van der Waals surface area contributed by atoms with E-state index in [0.717, 1.165) is 5.75 Å². The SMILES string of the molecule is CC(C)(C)Oc1ccc(C(=O)CBr)cc1. The van der Waals surface area contributed by atoms with Crippen LogP contribution in [-0.4, -0.2) is 16.7 Å². The number of hydrogen-bond donors (Lipinski definition) is 0. The number of alkyl halides is 1. The molecular weight excluding hydrogens is 256 g/mol. The number of hydrogen-bond acceptors (Lipinski definition) is 2. The van der Waals surface area contributed by atoms with E-state index in [1.807, 2.05) is 32.9 Å². The number of ether oxygens (including phenoxy) is 1. The van der Waals surface area contributed by atoms with E-state index in [4.69, 9.17) is 4.74 Å². The molecule has 0 bridgehead atoms. The quantitative estimate of drug-likeness (QED) is 0.621. The van der Waals surface area contributed by atoms with Gasteiger partial charge >= 0.3 is 0 Å². The molecule has 1 aromatic rings. The average Bonchev–Trinajstić information content (AvgIpc) is 2.15. The zero-order valence-corrected chi connectivity index (χ0v) is 10.8. The Hall–Kier alpha value is -0.830. The number of benzene rings is 1. The smallest absolute Gasteiger partial charge is 0.173 e. The zero-order valence-electron chi connectivity index (χ0n) is 9.21. The molecule has 0 saturated carbocycles. The van der Waals surface area contributed by atoms with Gasteiger partial charge in [-0.2, -0.15) is 0 Å². The Labute approximate surface area is 98.8 Å². The van der Waals surface area contributed by atoms with Crippen LogP contribution in [0.25, 0.3) is 0 Å².